The number of amides is 1. The fourth-order valence-corrected chi connectivity index (χ4v) is 3.01. The summed E-state index contributed by atoms with van der Waals surface area (Å²) < 4.78 is 6.70. The van der Waals surface area contributed by atoms with Crippen molar-refractivity contribution in [2.45, 2.75) is 52.0 Å². The summed E-state index contributed by atoms with van der Waals surface area (Å²) in [5, 5.41) is 0.481. The van der Waals surface area contributed by atoms with E-state index in [-0.39, 0.29) is 18.3 Å². The first-order valence-electron chi connectivity index (χ1n) is 8.25. The van der Waals surface area contributed by atoms with Crippen molar-refractivity contribution in [2.75, 3.05) is 19.7 Å². The van der Waals surface area contributed by atoms with E-state index in [9.17, 15) is 9.59 Å². The van der Waals surface area contributed by atoms with Gasteiger partial charge in [-0.25, -0.2) is 4.98 Å². The minimum absolute atomic E-state index is 0.167. The molecule has 0 N–H and O–H groups in total. The van der Waals surface area contributed by atoms with Crippen molar-refractivity contribution in [3.8, 4) is 0 Å². The highest BCUT2D eigenvalue weighted by Gasteiger charge is 2.18. The quantitative estimate of drug-likeness (QED) is 0.714. The molecule has 0 spiro atoms. The number of carbonyl (C=O) groups excluding carboxylic acids is 2. The van der Waals surface area contributed by atoms with E-state index in [1.165, 1.54) is 6.42 Å². The van der Waals surface area contributed by atoms with Gasteiger partial charge in [-0.05, 0) is 26.2 Å². The summed E-state index contributed by atoms with van der Waals surface area (Å²) in [6.45, 7) is 4.28. The molecule has 1 aromatic heterocycles. The molecule has 0 radical (unpaired) electrons. The van der Waals surface area contributed by atoms with Crippen molar-refractivity contribution in [1.29, 1.82) is 0 Å². The predicted molar refractivity (Wildman–Crippen MR) is 87.2 cm³/mol. The molecule has 0 atom stereocenters. The number of hydrogen-bond donors (Lipinski definition) is 0. The molecule has 1 aromatic rings. The third-order valence-electron chi connectivity index (χ3n) is 4.01. The molecule has 2 heterocycles. The lowest BCUT2D eigenvalue weighted by molar-refractivity contribution is -0.143. The van der Waals surface area contributed by atoms with Crippen LogP contribution in [0.5, 0.6) is 0 Å². The van der Waals surface area contributed by atoms with Gasteiger partial charge in [0.1, 0.15) is 11.0 Å². The number of piperidine rings is 1. The maximum atomic E-state index is 12.2. The van der Waals surface area contributed by atoms with Gasteiger partial charge in [0, 0.05) is 32.5 Å². The minimum atomic E-state index is -0.257. The normalized spacial score (nSPS) is 14.8. The van der Waals surface area contributed by atoms with Crippen molar-refractivity contribution in [2.24, 2.45) is 0 Å². The summed E-state index contributed by atoms with van der Waals surface area (Å²) >= 11 is 6.12. The number of rotatable bonds is 7. The number of carbonyl (C=O) groups is 2. The molecule has 0 unspecified atom stereocenters. The van der Waals surface area contributed by atoms with Crippen LogP contribution in [0.4, 0.5) is 0 Å². The lowest BCUT2D eigenvalue weighted by Gasteiger charge is -2.26. The van der Waals surface area contributed by atoms with E-state index in [1.807, 2.05) is 4.90 Å². The molecule has 0 aliphatic carbocycles. The molecule has 6 nitrogen and oxygen atoms in total. The highest BCUT2D eigenvalue weighted by Crippen LogP contribution is 2.16. The van der Waals surface area contributed by atoms with E-state index >= 15 is 0 Å². The second kappa shape index (κ2) is 8.91. The Labute approximate surface area is 141 Å². The number of halogens is 1. The van der Waals surface area contributed by atoms with Gasteiger partial charge in [0.25, 0.3) is 0 Å². The molecular formula is C16H24ClN3O3. The third-order valence-corrected chi connectivity index (χ3v) is 4.31. The van der Waals surface area contributed by atoms with Crippen LogP contribution >= 0.6 is 11.6 Å². The molecule has 1 saturated heterocycles. The Morgan fingerprint density at radius 1 is 1.26 bits per heavy atom. The molecular weight excluding hydrogens is 318 g/mol. The second-order valence-electron chi connectivity index (χ2n) is 5.65. The van der Waals surface area contributed by atoms with Crippen LogP contribution in [-0.2, 0) is 27.3 Å². The Hall–Kier alpha value is -1.56. The SMILES string of the molecule is CCOC(=O)CCn1c(Cl)cnc1CCC(=O)N1CCCCC1. The zero-order chi connectivity index (χ0) is 16.7. The highest BCUT2D eigenvalue weighted by molar-refractivity contribution is 6.29. The van der Waals surface area contributed by atoms with Crippen molar-refractivity contribution >= 4 is 23.5 Å². The number of likely N-dealkylation sites (tertiary alicyclic amines) is 1. The van der Waals surface area contributed by atoms with Crippen LogP contribution in [0.25, 0.3) is 0 Å². The molecule has 1 amide bonds. The first-order chi connectivity index (χ1) is 11.1. The summed E-state index contributed by atoms with van der Waals surface area (Å²) in [6.07, 6.45) is 6.15. The second-order valence-corrected chi connectivity index (χ2v) is 6.03. The Balaban J connectivity index is 1.87. The van der Waals surface area contributed by atoms with E-state index in [4.69, 9.17) is 16.3 Å². The van der Waals surface area contributed by atoms with Gasteiger partial charge in [-0.15, -0.1) is 0 Å². The monoisotopic (exact) mass is 341 g/mol. The first kappa shape index (κ1) is 17.8. The van der Waals surface area contributed by atoms with Gasteiger partial charge < -0.3 is 14.2 Å². The molecule has 7 heteroatoms. The highest BCUT2D eigenvalue weighted by atomic mass is 35.5. The van der Waals surface area contributed by atoms with Gasteiger partial charge in [-0.3, -0.25) is 9.59 Å². The number of aromatic nitrogens is 2. The lowest BCUT2D eigenvalue weighted by Crippen LogP contribution is -2.35. The molecule has 0 aromatic carbocycles. The molecule has 0 saturated carbocycles. The Morgan fingerprint density at radius 2 is 2.00 bits per heavy atom. The molecule has 1 aliphatic heterocycles. The zero-order valence-electron chi connectivity index (χ0n) is 13.6. The summed E-state index contributed by atoms with van der Waals surface area (Å²) in [7, 11) is 0. The van der Waals surface area contributed by atoms with Crippen molar-refractivity contribution < 1.29 is 14.3 Å². The van der Waals surface area contributed by atoms with Gasteiger partial charge in [0.05, 0.1) is 19.2 Å². The van der Waals surface area contributed by atoms with Crippen molar-refractivity contribution in [1.82, 2.24) is 14.5 Å². The van der Waals surface area contributed by atoms with Crippen LogP contribution in [0.15, 0.2) is 6.20 Å². The summed E-state index contributed by atoms with van der Waals surface area (Å²) in [6, 6.07) is 0. The Morgan fingerprint density at radius 3 is 2.70 bits per heavy atom. The fourth-order valence-electron chi connectivity index (χ4n) is 2.78. The third kappa shape index (κ3) is 5.23. The van der Waals surface area contributed by atoms with Crippen LogP contribution < -0.4 is 0 Å². The van der Waals surface area contributed by atoms with Crippen LogP contribution in [0.2, 0.25) is 5.15 Å². The summed E-state index contributed by atoms with van der Waals surface area (Å²) in [5.41, 5.74) is 0. The molecule has 128 valence electrons. The van der Waals surface area contributed by atoms with Gasteiger partial charge in [-0.2, -0.15) is 0 Å². The average Bonchev–Trinajstić information content (AvgIpc) is 2.92. The smallest absolute Gasteiger partial charge is 0.307 e. The van der Waals surface area contributed by atoms with E-state index in [1.54, 1.807) is 17.7 Å². The van der Waals surface area contributed by atoms with Gasteiger partial charge in [-0.1, -0.05) is 11.6 Å². The number of hydrogen-bond acceptors (Lipinski definition) is 4. The number of ether oxygens (including phenoxy) is 1. The van der Waals surface area contributed by atoms with Gasteiger partial charge in [0.15, 0.2) is 0 Å². The molecule has 2 rings (SSSR count). The van der Waals surface area contributed by atoms with Crippen molar-refractivity contribution in [3.05, 3.63) is 17.2 Å². The lowest BCUT2D eigenvalue weighted by atomic mass is 10.1. The van der Waals surface area contributed by atoms with Crippen LogP contribution in [-0.4, -0.2) is 46.0 Å². The van der Waals surface area contributed by atoms with E-state index < -0.39 is 0 Å². The number of esters is 1. The maximum Gasteiger partial charge on any atom is 0.307 e. The molecule has 23 heavy (non-hydrogen) atoms. The number of imidazole rings is 1. The van der Waals surface area contributed by atoms with Crippen LogP contribution in [0, 0.1) is 0 Å². The van der Waals surface area contributed by atoms with E-state index in [0.717, 1.165) is 31.8 Å². The number of nitrogens with zero attached hydrogens (tertiary/aromatic N) is 3. The van der Waals surface area contributed by atoms with E-state index in [0.29, 0.717) is 31.1 Å². The molecule has 0 bridgehead atoms. The van der Waals surface area contributed by atoms with Crippen LogP contribution in [0.1, 0.15) is 44.9 Å². The average molecular weight is 342 g/mol. The Bertz CT molecular complexity index is 539. The summed E-state index contributed by atoms with van der Waals surface area (Å²) in [5.74, 6) is 0.651. The van der Waals surface area contributed by atoms with Crippen LogP contribution in [0.3, 0.4) is 0 Å². The molecule has 1 fully saturated rings. The standard InChI is InChI=1S/C16H24ClN3O3/c1-2-23-16(22)8-11-20-13(17)12-18-14(20)6-7-15(21)19-9-4-3-5-10-19/h12H,2-11H2,1H3. The largest absolute Gasteiger partial charge is 0.466 e. The molecule has 1 aliphatic rings. The summed E-state index contributed by atoms with van der Waals surface area (Å²) in [4.78, 5) is 29.9. The zero-order valence-corrected chi connectivity index (χ0v) is 14.3. The minimum Gasteiger partial charge on any atom is -0.466 e. The maximum absolute atomic E-state index is 12.2. The van der Waals surface area contributed by atoms with E-state index in [2.05, 4.69) is 4.98 Å². The van der Waals surface area contributed by atoms with Crippen molar-refractivity contribution in [3.63, 3.8) is 0 Å². The Kier molecular flexibility index (Phi) is 6.89. The topological polar surface area (TPSA) is 64.4 Å². The van der Waals surface area contributed by atoms with Gasteiger partial charge in [0.2, 0.25) is 5.91 Å². The predicted octanol–water partition coefficient (Wildman–Crippen LogP) is 2.43. The van der Waals surface area contributed by atoms with Gasteiger partial charge >= 0.3 is 5.97 Å². The number of aryl methyl sites for hydroxylation is 1. The fraction of sp³-hybridized carbons (Fsp3) is 0.688. The first-order valence-corrected chi connectivity index (χ1v) is 8.63.